The largest absolute Gasteiger partial charge is 0.496 e. The molecule has 1 fully saturated rings. The van der Waals surface area contributed by atoms with Gasteiger partial charge in [0, 0.05) is 0 Å². The first-order chi connectivity index (χ1) is 11.2. The highest BCUT2D eigenvalue weighted by Crippen LogP contribution is 2.37. The topological polar surface area (TPSA) is 50.8 Å². The van der Waals surface area contributed by atoms with Crippen LogP contribution >= 0.6 is 0 Å². The van der Waals surface area contributed by atoms with E-state index in [1.165, 1.54) is 11.1 Å². The number of hydrogen-bond donors (Lipinski definition) is 1. The van der Waals surface area contributed by atoms with E-state index in [0.29, 0.717) is 13.1 Å². The number of urea groups is 1. The second kappa shape index (κ2) is 5.96. The zero-order valence-corrected chi connectivity index (χ0v) is 15.3. The first-order valence-corrected chi connectivity index (χ1v) is 8.62. The summed E-state index contributed by atoms with van der Waals surface area (Å²) in [6.07, 6.45) is 1.85. The van der Waals surface area contributed by atoms with Gasteiger partial charge in [0.1, 0.15) is 5.75 Å². The highest BCUT2D eigenvalue weighted by molar-refractivity contribution is 5.75. The Balaban J connectivity index is 1.73. The van der Waals surface area contributed by atoms with Crippen LogP contribution in [0.3, 0.4) is 0 Å². The van der Waals surface area contributed by atoms with Gasteiger partial charge in [-0.3, -0.25) is 0 Å². The van der Waals surface area contributed by atoms with Gasteiger partial charge in [-0.15, -0.1) is 0 Å². The molecule has 2 amide bonds. The van der Waals surface area contributed by atoms with E-state index < -0.39 is 0 Å². The molecule has 1 aliphatic heterocycles. The minimum atomic E-state index is -0.337. The van der Waals surface area contributed by atoms with E-state index in [9.17, 15) is 4.79 Å². The first kappa shape index (κ1) is 17.1. The van der Waals surface area contributed by atoms with Crippen LogP contribution in [0.5, 0.6) is 5.75 Å². The van der Waals surface area contributed by atoms with Crippen LogP contribution in [-0.2, 0) is 11.2 Å². The molecule has 1 aromatic rings. The van der Waals surface area contributed by atoms with Crippen LogP contribution in [0.25, 0.3) is 0 Å². The molecule has 132 valence electrons. The zero-order valence-electron chi connectivity index (χ0n) is 15.3. The maximum atomic E-state index is 12.8. The molecule has 1 unspecified atom stereocenters. The molecule has 0 spiro atoms. The van der Waals surface area contributed by atoms with E-state index in [4.69, 9.17) is 9.47 Å². The van der Waals surface area contributed by atoms with E-state index in [-0.39, 0.29) is 23.3 Å². The molecule has 1 N–H and O–H groups in total. The molecule has 5 nitrogen and oxygen atoms in total. The minimum absolute atomic E-state index is 0.0138. The molecule has 0 bridgehead atoms. The smallest absolute Gasteiger partial charge is 0.318 e. The Morgan fingerprint density at radius 1 is 1.25 bits per heavy atom. The maximum absolute atomic E-state index is 12.8. The van der Waals surface area contributed by atoms with Crippen molar-refractivity contribution in [2.24, 2.45) is 0 Å². The molecule has 0 saturated carbocycles. The normalized spacial score (nSPS) is 24.4. The molecule has 1 aliphatic carbocycles. The van der Waals surface area contributed by atoms with E-state index >= 15 is 0 Å². The summed E-state index contributed by atoms with van der Waals surface area (Å²) in [6, 6.07) is 6.10. The number of nitrogens with one attached hydrogen (secondary N) is 1. The van der Waals surface area contributed by atoms with Gasteiger partial charge in [0.25, 0.3) is 0 Å². The molecule has 0 radical (unpaired) electrons. The van der Waals surface area contributed by atoms with Crippen molar-refractivity contribution in [2.75, 3.05) is 20.2 Å². The lowest BCUT2D eigenvalue weighted by Gasteiger charge is -2.47. The number of nitrogens with zero attached hydrogens (tertiary/aromatic N) is 1. The summed E-state index contributed by atoms with van der Waals surface area (Å²) >= 11 is 0. The fraction of sp³-hybridized carbons (Fsp3) is 0.632. The Kier molecular flexibility index (Phi) is 4.24. The van der Waals surface area contributed by atoms with Gasteiger partial charge in [0.05, 0.1) is 37.4 Å². The summed E-state index contributed by atoms with van der Waals surface area (Å²) < 4.78 is 11.5. The summed E-state index contributed by atoms with van der Waals surface area (Å²) in [5.74, 6) is 0.915. The number of rotatable bonds is 2. The number of morpholine rings is 1. The number of amides is 2. The second-order valence-electron chi connectivity index (χ2n) is 8.05. The van der Waals surface area contributed by atoms with Gasteiger partial charge in [-0.05, 0) is 57.7 Å². The van der Waals surface area contributed by atoms with Crippen LogP contribution in [0.4, 0.5) is 4.79 Å². The Morgan fingerprint density at radius 3 is 2.54 bits per heavy atom. The summed E-state index contributed by atoms with van der Waals surface area (Å²) in [5.41, 5.74) is 1.72. The van der Waals surface area contributed by atoms with Gasteiger partial charge in [-0.2, -0.15) is 0 Å². The van der Waals surface area contributed by atoms with Crippen LogP contribution in [-0.4, -0.2) is 42.3 Å². The Bertz CT molecular complexity index is 623. The maximum Gasteiger partial charge on any atom is 0.318 e. The molecular formula is C19H28N2O3. The quantitative estimate of drug-likeness (QED) is 0.904. The number of methoxy groups -OCH3 is 1. The second-order valence-corrected chi connectivity index (χ2v) is 8.05. The highest BCUT2D eigenvalue weighted by atomic mass is 16.5. The summed E-state index contributed by atoms with van der Waals surface area (Å²) in [7, 11) is 1.69. The SMILES string of the molecule is COc1cccc2c1CCC2NC(=O)N1CC(C)(C)OC(C)(C)C1. The van der Waals surface area contributed by atoms with Crippen molar-refractivity contribution in [2.45, 2.75) is 57.8 Å². The van der Waals surface area contributed by atoms with Crippen molar-refractivity contribution < 1.29 is 14.3 Å². The molecule has 24 heavy (non-hydrogen) atoms. The third-order valence-electron chi connectivity index (χ3n) is 4.73. The lowest BCUT2D eigenvalue weighted by molar-refractivity contribution is -0.170. The first-order valence-electron chi connectivity index (χ1n) is 8.62. The molecule has 0 aromatic heterocycles. The number of hydrogen-bond acceptors (Lipinski definition) is 3. The molecule has 1 aromatic carbocycles. The number of fused-ring (bicyclic) bond motifs is 1. The van der Waals surface area contributed by atoms with Crippen molar-refractivity contribution in [3.8, 4) is 5.75 Å². The number of ether oxygens (including phenoxy) is 2. The molecular weight excluding hydrogens is 304 g/mol. The Hall–Kier alpha value is -1.75. The van der Waals surface area contributed by atoms with Crippen LogP contribution < -0.4 is 10.1 Å². The third-order valence-corrected chi connectivity index (χ3v) is 4.73. The fourth-order valence-corrected chi connectivity index (χ4v) is 4.13. The number of carbonyl (C=O) groups excluding carboxylic acids is 1. The summed E-state index contributed by atoms with van der Waals surface area (Å²) in [6.45, 7) is 9.32. The zero-order chi connectivity index (χ0) is 17.5. The van der Waals surface area contributed by atoms with E-state index in [1.807, 2.05) is 44.7 Å². The number of carbonyl (C=O) groups is 1. The summed E-state index contributed by atoms with van der Waals surface area (Å²) in [5, 5.41) is 3.21. The minimum Gasteiger partial charge on any atom is -0.496 e. The average Bonchev–Trinajstić information content (AvgIpc) is 2.87. The lowest BCUT2D eigenvalue weighted by Crippen LogP contribution is -2.60. The standard InChI is InChI=1S/C19H28N2O3/c1-18(2)11-21(12-19(3,4)24-18)17(22)20-15-10-9-14-13(15)7-6-8-16(14)23-5/h6-8,15H,9-12H2,1-5H3,(H,20,22). The lowest BCUT2D eigenvalue weighted by atomic mass is 9.99. The van der Waals surface area contributed by atoms with Gasteiger partial charge < -0.3 is 19.7 Å². The van der Waals surface area contributed by atoms with Gasteiger partial charge in [0.15, 0.2) is 0 Å². The van der Waals surface area contributed by atoms with E-state index in [1.54, 1.807) is 7.11 Å². The van der Waals surface area contributed by atoms with Gasteiger partial charge in [-0.1, -0.05) is 12.1 Å². The molecule has 1 atom stereocenters. The van der Waals surface area contributed by atoms with Crippen molar-refractivity contribution in [3.05, 3.63) is 29.3 Å². The Labute approximate surface area is 144 Å². The van der Waals surface area contributed by atoms with Gasteiger partial charge in [-0.25, -0.2) is 4.79 Å². The predicted octanol–water partition coefficient (Wildman–Crippen LogP) is 3.28. The third kappa shape index (κ3) is 3.36. The molecule has 2 aliphatic rings. The van der Waals surface area contributed by atoms with Crippen molar-refractivity contribution in [1.82, 2.24) is 10.2 Å². The predicted molar refractivity (Wildman–Crippen MR) is 93.4 cm³/mol. The van der Waals surface area contributed by atoms with Crippen molar-refractivity contribution in [3.63, 3.8) is 0 Å². The van der Waals surface area contributed by atoms with E-state index in [2.05, 4.69) is 11.4 Å². The highest BCUT2D eigenvalue weighted by Gasteiger charge is 2.40. The van der Waals surface area contributed by atoms with Crippen LogP contribution in [0, 0.1) is 0 Å². The van der Waals surface area contributed by atoms with Crippen molar-refractivity contribution >= 4 is 6.03 Å². The van der Waals surface area contributed by atoms with Crippen LogP contribution in [0.2, 0.25) is 0 Å². The molecule has 1 heterocycles. The fourth-order valence-electron chi connectivity index (χ4n) is 4.13. The monoisotopic (exact) mass is 332 g/mol. The molecule has 3 rings (SSSR count). The van der Waals surface area contributed by atoms with Crippen molar-refractivity contribution in [1.29, 1.82) is 0 Å². The van der Waals surface area contributed by atoms with Gasteiger partial charge in [0.2, 0.25) is 0 Å². The van der Waals surface area contributed by atoms with Crippen LogP contribution in [0.1, 0.15) is 51.3 Å². The molecule has 1 saturated heterocycles. The Morgan fingerprint density at radius 2 is 1.92 bits per heavy atom. The molecule has 5 heteroatoms. The summed E-state index contributed by atoms with van der Waals surface area (Å²) in [4.78, 5) is 14.7. The van der Waals surface area contributed by atoms with E-state index in [0.717, 1.165) is 18.6 Å². The number of benzene rings is 1. The van der Waals surface area contributed by atoms with Gasteiger partial charge >= 0.3 is 6.03 Å². The van der Waals surface area contributed by atoms with Crippen LogP contribution in [0.15, 0.2) is 18.2 Å². The average molecular weight is 332 g/mol.